The summed E-state index contributed by atoms with van der Waals surface area (Å²) >= 11 is 0. The second-order valence-electron chi connectivity index (χ2n) is 20.0. The standard InChI is InChI=1S/C25H37NO8.2C12H13P.C11H13NO2.2H2O.Pd/c1-14(2)32-22(27)20(23(28)33-15(3)4)21-17-13-19(31-9)18(30-8)12-16(17)10-11-26(21)24(29)34-25(5,6)7;2*1-13(2)12-8-7-10-5-3-4-6-11(10)9-12;1-13-10-5-8-3-4-12-7-9(8)6-11(10)14-2;;;/h12-15,20-21H,10-11H2,1-9H3;2*3-9H,1-2H3;5-7H,3-4H2,1-2H3;2*1H2;/q;;;;;;+2/p+2/t21-;;;;;;/m0....../s1. The Morgan fingerprint density at radius 1 is 0.584 bits per heavy atom. The van der Waals surface area contributed by atoms with Crippen molar-refractivity contribution in [2.24, 2.45) is 10.9 Å². The average Bonchev–Trinajstić information content (AvgIpc) is 3.37. The van der Waals surface area contributed by atoms with Crippen LogP contribution in [0.5, 0.6) is 23.0 Å². The van der Waals surface area contributed by atoms with Crippen LogP contribution in [0.4, 0.5) is 4.79 Å². The van der Waals surface area contributed by atoms with Crippen LogP contribution in [0.2, 0.25) is 0 Å². The number of ether oxygens (including phenoxy) is 7. The van der Waals surface area contributed by atoms with Crippen molar-refractivity contribution in [1.29, 1.82) is 0 Å². The topological polar surface area (TPSA) is 194 Å². The third-order valence-electron chi connectivity index (χ3n) is 12.1. The van der Waals surface area contributed by atoms with Crippen LogP contribution in [0.1, 0.15) is 76.8 Å². The number of rotatable bonds is 11. The number of carbonyl (C=O) groups excluding carboxylic acids is 3. The Balaban J connectivity index is 0.000000387. The Bertz CT molecular complexity index is 2780. The number of benzene rings is 6. The molecular formula is C60H82N2O12P2Pd+4. The fraction of sp³-hybridized carbons (Fsp3) is 0.400. The Hall–Kier alpha value is -5.64. The molecule has 6 aromatic rings. The first-order valence-corrected chi connectivity index (χ1v) is 30.2. The van der Waals surface area contributed by atoms with E-state index < -0.39 is 47.8 Å². The van der Waals surface area contributed by atoms with Crippen LogP contribution in [0.3, 0.4) is 0 Å². The van der Waals surface area contributed by atoms with Crippen molar-refractivity contribution < 1.29 is 78.9 Å². The molecule has 6 aromatic carbocycles. The van der Waals surface area contributed by atoms with Crippen molar-refractivity contribution in [3.8, 4) is 23.0 Å². The van der Waals surface area contributed by atoms with Gasteiger partial charge in [0.15, 0.2) is 28.9 Å². The predicted molar refractivity (Wildman–Crippen MR) is 315 cm³/mol. The summed E-state index contributed by atoms with van der Waals surface area (Å²) in [5.41, 5.74) is 3.03. The minimum Gasteiger partial charge on any atom is -0.493 e. The van der Waals surface area contributed by atoms with E-state index >= 15 is 0 Å². The first-order valence-electron chi connectivity index (χ1n) is 25.2. The maximum atomic E-state index is 13.3. The molecular weight excluding hydrogens is 1110 g/mol. The number of carbonyl (C=O) groups is 3. The Kier molecular flexibility index (Phi) is 27.8. The molecule has 0 fully saturated rings. The van der Waals surface area contributed by atoms with Crippen molar-refractivity contribution in [3.05, 3.63) is 131 Å². The number of nitrogens with zero attached hydrogens (tertiary/aromatic N) is 2. The van der Waals surface area contributed by atoms with Gasteiger partial charge in [-0.25, -0.2) is 4.79 Å². The van der Waals surface area contributed by atoms with E-state index in [9.17, 15) is 14.4 Å². The summed E-state index contributed by atoms with van der Waals surface area (Å²) in [6, 6.07) is 37.2. The minimum absolute atomic E-state index is 0. The van der Waals surface area contributed by atoms with E-state index in [1.807, 2.05) is 18.3 Å². The van der Waals surface area contributed by atoms with Gasteiger partial charge in [-0.3, -0.25) is 19.5 Å². The van der Waals surface area contributed by atoms with Crippen molar-refractivity contribution in [1.82, 2.24) is 4.90 Å². The molecule has 0 aliphatic carbocycles. The molecule has 1 amide bonds. The molecule has 420 valence electrons. The molecule has 0 unspecified atom stereocenters. The summed E-state index contributed by atoms with van der Waals surface area (Å²) in [6.07, 6.45) is 1.76. The number of hydrogen-bond acceptors (Lipinski definition) is 11. The number of esters is 2. The Morgan fingerprint density at radius 2 is 1.01 bits per heavy atom. The van der Waals surface area contributed by atoms with Gasteiger partial charge in [0.05, 0.1) is 84.0 Å². The summed E-state index contributed by atoms with van der Waals surface area (Å²) < 4.78 is 37.8. The van der Waals surface area contributed by atoms with Gasteiger partial charge in [0.2, 0.25) is 0 Å². The molecule has 14 nitrogen and oxygen atoms in total. The molecule has 0 radical (unpaired) electrons. The summed E-state index contributed by atoms with van der Waals surface area (Å²) in [5.74, 6) is -0.499. The Morgan fingerprint density at radius 3 is 1.44 bits per heavy atom. The zero-order valence-corrected chi connectivity index (χ0v) is 51.0. The van der Waals surface area contributed by atoms with Crippen molar-refractivity contribution in [2.45, 2.75) is 85.2 Å². The summed E-state index contributed by atoms with van der Waals surface area (Å²) in [7, 11) is 5.71. The van der Waals surface area contributed by atoms with Gasteiger partial charge in [0, 0.05) is 35.1 Å². The first kappa shape index (κ1) is 67.5. The molecule has 0 spiro atoms. The van der Waals surface area contributed by atoms with Crippen molar-refractivity contribution in [2.75, 3.05) is 68.2 Å². The maximum Gasteiger partial charge on any atom is 2.00 e. The number of fused-ring (bicyclic) bond motifs is 4. The average molecular weight is 1190 g/mol. The fourth-order valence-corrected chi connectivity index (χ4v) is 10.2. The molecule has 1 atom stereocenters. The van der Waals surface area contributed by atoms with Crippen LogP contribution in [0, 0.1) is 5.92 Å². The van der Waals surface area contributed by atoms with E-state index in [1.54, 1.807) is 74.8 Å². The van der Waals surface area contributed by atoms with Crippen LogP contribution >= 0.6 is 15.8 Å². The normalized spacial score (nSPS) is 13.1. The molecule has 0 aromatic heterocycles. The number of amides is 1. The van der Waals surface area contributed by atoms with Gasteiger partial charge >= 0.3 is 38.5 Å². The minimum atomic E-state index is -1.42. The van der Waals surface area contributed by atoms with Gasteiger partial charge in [-0.15, -0.1) is 0 Å². The fourth-order valence-electron chi connectivity index (χ4n) is 8.45. The van der Waals surface area contributed by atoms with Crippen molar-refractivity contribution >= 4 is 72.2 Å². The molecule has 0 saturated carbocycles. The van der Waals surface area contributed by atoms with Gasteiger partial charge in [-0.05, 0) is 154 Å². The SMILES string of the molecule is COc1cc2c(cc1OC)CCN=C2.COc1cc2c(cc1OC)[C@@H](C(C(=O)OC(C)C)C(=O)OC(C)C)N(C(=O)OC(C)(C)C)CC2.C[PH+](C)c1ccc2ccccc2c1.C[PH+](C)c1ccc2ccccc2c1.O.O.[Pd+2]. The summed E-state index contributed by atoms with van der Waals surface area (Å²) in [6.45, 7) is 22.4. The molecule has 8 rings (SSSR count). The van der Waals surface area contributed by atoms with E-state index in [-0.39, 0.29) is 53.8 Å². The summed E-state index contributed by atoms with van der Waals surface area (Å²) in [4.78, 5) is 45.4. The van der Waals surface area contributed by atoms with Crippen LogP contribution in [-0.4, -0.2) is 126 Å². The second-order valence-corrected chi connectivity index (χ2v) is 25.2. The predicted octanol–water partition coefficient (Wildman–Crippen LogP) is 9.96. The quantitative estimate of drug-likeness (QED) is 0.0396. The smallest absolute Gasteiger partial charge is 0.493 e. The molecule has 4 N–H and O–H groups in total. The molecule has 17 heteroatoms. The van der Waals surface area contributed by atoms with Gasteiger partial charge in [0.25, 0.3) is 0 Å². The van der Waals surface area contributed by atoms with Gasteiger partial charge in [0.1, 0.15) is 5.60 Å². The van der Waals surface area contributed by atoms with E-state index in [0.29, 0.717) is 23.5 Å². The largest absolute Gasteiger partial charge is 2.00 e. The van der Waals surface area contributed by atoms with E-state index in [1.165, 1.54) is 56.8 Å². The summed E-state index contributed by atoms with van der Waals surface area (Å²) in [5, 5.41) is 8.45. The monoisotopic (exact) mass is 1190 g/mol. The van der Waals surface area contributed by atoms with Crippen LogP contribution < -0.4 is 29.6 Å². The third-order valence-corrected chi connectivity index (χ3v) is 15.0. The number of methoxy groups -OCH3 is 4. The molecule has 0 bridgehead atoms. The van der Waals surface area contributed by atoms with Crippen LogP contribution in [-0.2, 0) is 57.1 Å². The van der Waals surface area contributed by atoms with E-state index in [2.05, 4.69) is 117 Å². The third kappa shape index (κ3) is 19.1. The van der Waals surface area contributed by atoms with Crippen molar-refractivity contribution in [3.63, 3.8) is 0 Å². The molecule has 2 aliphatic heterocycles. The first-order chi connectivity index (χ1) is 35.2. The molecule has 0 saturated heterocycles. The molecule has 2 aliphatic rings. The zero-order valence-electron chi connectivity index (χ0n) is 47.4. The number of aliphatic imine (C=N–C) groups is 1. The molecule has 77 heavy (non-hydrogen) atoms. The second kappa shape index (κ2) is 31.7. The number of hydrogen-bond donors (Lipinski definition) is 0. The molecule has 2 heterocycles. The van der Waals surface area contributed by atoms with Gasteiger partial charge in [-0.1, -0.05) is 60.7 Å². The zero-order chi connectivity index (χ0) is 54.3. The van der Waals surface area contributed by atoms with E-state index in [0.717, 1.165) is 35.6 Å². The van der Waals surface area contributed by atoms with Crippen LogP contribution in [0.25, 0.3) is 21.5 Å². The maximum absolute atomic E-state index is 13.3. The Labute approximate surface area is 472 Å². The van der Waals surface area contributed by atoms with Gasteiger partial charge in [-0.2, -0.15) is 0 Å². The van der Waals surface area contributed by atoms with E-state index in [4.69, 9.17) is 33.2 Å². The van der Waals surface area contributed by atoms with Crippen LogP contribution in [0.15, 0.2) is 114 Å². The van der Waals surface area contributed by atoms with Gasteiger partial charge < -0.3 is 44.1 Å².